The Hall–Kier alpha value is -0.160. The van der Waals surface area contributed by atoms with E-state index in [1.54, 1.807) is 21.3 Å². The van der Waals surface area contributed by atoms with Crippen LogP contribution >= 0.6 is 0 Å². The Morgan fingerprint density at radius 3 is 1.17 bits per heavy atom. The highest BCUT2D eigenvalue weighted by molar-refractivity contribution is 4.74. The minimum absolute atomic E-state index is 0.229. The summed E-state index contributed by atoms with van der Waals surface area (Å²) in [5.74, 6) is 0.434. The lowest BCUT2D eigenvalue weighted by atomic mass is 9.85. The van der Waals surface area contributed by atoms with Crippen LogP contribution in [0.5, 0.6) is 0 Å². The molecule has 0 saturated heterocycles. The molecule has 0 bridgehead atoms. The van der Waals surface area contributed by atoms with Crippen LogP contribution in [0.1, 0.15) is 137 Å². The first-order valence-electron chi connectivity index (χ1n) is 13.0. The molecule has 4 heteroatoms. The molecule has 1 unspecified atom stereocenters. The molecule has 0 saturated carbocycles. The molecule has 0 aliphatic rings. The van der Waals surface area contributed by atoms with E-state index >= 15 is 0 Å². The van der Waals surface area contributed by atoms with Gasteiger partial charge in [-0.2, -0.15) is 0 Å². The second-order valence-corrected chi connectivity index (χ2v) is 9.69. The van der Waals surface area contributed by atoms with E-state index < -0.39 is 0 Å². The van der Waals surface area contributed by atoms with Crippen LogP contribution in [-0.4, -0.2) is 31.8 Å². The zero-order valence-electron chi connectivity index (χ0n) is 21.8. The molecular weight excluding hydrogens is 374 g/mol. The lowest BCUT2D eigenvalue weighted by Crippen LogP contribution is -2.62. The number of quaternary nitrogens is 1. The van der Waals surface area contributed by atoms with Crippen molar-refractivity contribution in [2.24, 2.45) is 5.92 Å². The molecular formula is C26H56NO3+. The zero-order chi connectivity index (χ0) is 22.7. The van der Waals surface area contributed by atoms with Crippen LogP contribution in [0.2, 0.25) is 0 Å². The summed E-state index contributed by atoms with van der Waals surface area (Å²) < 4.78 is 0. The lowest BCUT2D eigenvalue weighted by molar-refractivity contribution is -1.39. The Morgan fingerprint density at radius 2 is 0.867 bits per heavy atom. The zero-order valence-corrected chi connectivity index (χ0v) is 21.8. The van der Waals surface area contributed by atoms with E-state index in [-0.39, 0.29) is 10.5 Å². The van der Waals surface area contributed by atoms with Gasteiger partial charge in [0.05, 0.1) is 4.97 Å². The average molecular weight is 431 g/mol. The van der Waals surface area contributed by atoms with Gasteiger partial charge in [0.15, 0.2) is 5.54 Å². The molecule has 0 amide bonds. The van der Waals surface area contributed by atoms with E-state index in [1.807, 2.05) is 0 Å². The SMILES string of the molecule is CCCCCCCCCCCCCCCCCCC(C)C(C)(C)[N+](OC)(OC)OC. The van der Waals surface area contributed by atoms with E-state index in [9.17, 15) is 0 Å². The first-order valence-corrected chi connectivity index (χ1v) is 13.0. The van der Waals surface area contributed by atoms with Crippen molar-refractivity contribution in [3.05, 3.63) is 0 Å². The van der Waals surface area contributed by atoms with Crippen molar-refractivity contribution in [3.8, 4) is 0 Å². The molecule has 0 heterocycles. The van der Waals surface area contributed by atoms with Crippen molar-refractivity contribution in [2.75, 3.05) is 21.3 Å². The van der Waals surface area contributed by atoms with Crippen LogP contribution in [0.4, 0.5) is 0 Å². The first kappa shape index (κ1) is 29.8. The van der Waals surface area contributed by atoms with E-state index in [4.69, 9.17) is 14.5 Å². The lowest BCUT2D eigenvalue weighted by Gasteiger charge is -2.41. The fourth-order valence-electron chi connectivity index (χ4n) is 4.55. The van der Waals surface area contributed by atoms with Gasteiger partial charge in [-0.05, 0) is 6.42 Å². The van der Waals surface area contributed by atoms with E-state index in [0.717, 1.165) is 0 Å². The highest BCUT2D eigenvalue weighted by Crippen LogP contribution is 2.35. The molecule has 30 heavy (non-hydrogen) atoms. The van der Waals surface area contributed by atoms with Gasteiger partial charge in [-0.25, -0.2) is 0 Å². The molecule has 0 radical (unpaired) electrons. The van der Waals surface area contributed by atoms with E-state index in [2.05, 4.69) is 27.7 Å². The highest BCUT2D eigenvalue weighted by atomic mass is 17.2. The largest absolute Gasteiger partial charge is 0.194 e. The van der Waals surface area contributed by atoms with Gasteiger partial charge in [-0.1, -0.05) is 117 Å². The number of nitrogens with zero attached hydrogens (tertiary/aromatic N) is 1. The second-order valence-electron chi connectivity index (χ2n) is 9.69. The quantitative estimate of drug-likeness (QED) is 0.0978. The van der Waals surface area contributed by atoms with Crippen LogP contribution in [0, 0.1) is 5.92 Å². The smallest absolute Gasteiger partial charge is 0.135 e. The van der Waals surface area contributed by atoms with Crippen LogP contribution in [0.25, 0.3) is 0 Å². The maximum Gasteiger partial charge on any atom is 0.194 e. The number of unbranched alkanes of at least 4 members (excludes halogenated alkanes) is 15. The standard InChI is InChI=1S/C26H56NO3/c1-8-9-10-11-12-13-14-15-16-17-18-19-20-21-22-23-24-25(2)26(3,4)27(28-5,29-6)30-7/h25H,8-24H2,1-7H3/q+1. The van der Waals surface area contributed by atoms with Crippen molar-refractivity contribution in [2.45, 2.75) is 142 Å². The maximum atomic E-state index is 5.55. The molecule has 4 nitrogen and oxygen atoms in total. The monoisotopic (exact) mass is 430 g/mol. The molecule has 0 rings (SSSR count). The Kier molecular flexibility index (Phi) is 18.3. The van der Waals surface area contributed by atoms with Gasteiger partial charge in [0, 0.05) is 19.8 Å². The fourth-order valence-corrected chi connectivity index (χ4v) is 4.55. The average Bonchev–Trinajstić information content (AvgIpc) is 2.74. The molecule has 0 aliphatic carbocycles. The number of hydrogen-bond donors (Lipinski definition) is 0. The molecule has 0 aromatic carbocycles. The number of rotatable bonds is 22. The van der Waals surface area contributed by atoms with Crippen molar-refractivity contribution < 1.29 is 19.5 Å². The maximum absolute atomic E-state index is 5.55. The molecule has 0 fully saturated rings. The molecule has 1 atom stereocenters. The van der Waals surface area contributed by atoms with Crippen molar-refractivity contribution in [1.82, 2.24) is 0 Å². The molecule has 0 aromatic heterocycles. The highest BCUT2D eigenvalue weighted by Gasteiger charge is 2.53. The summed E-state index contributed by atoms with van der Waals surface area (Å²) in [4.78, 5) is 16.4. The van der Waals surface area contributed by atoms with Crippen molar-refractivity contribution in [1.29, 1.82) is 0 Å². The third kappa shape index (κ3) is 11.5. The first-order chi connectivity index (χ1) is 14.4. The molecule has 0 spiro atoms. The van der Waals surface area contributed by atoms with Crippen LogP contribution in [0.15, 0.2) is 0 Å². The summed E-state index contributed by atoms with van der Waals surface area (Å²) in [6.45, 7) is 8.87. The van der Waals surface area contributed by atoms with Gasteiger partial charge in [-0.3, -0.25) is 0 Å². The van der Waals surface area contributed by atoms with Crippen LogP contribution < -0.4 is 0 Å². The third-order valence-electron chi connectivity index (χ3n) is 7.12. The van der Waals surface area contributed by atoms with E-state index in [0.29, 0.717) is 5.92 Å². The Balaban J connectivity index is 3.61. The number of hydroxylamine groups is 3. The van der Waals surface area contributed by atoms with Crippen LogP contribution in [0.3, 0.4) is 0 Å². The summed E-state index contributed by atoms with van der Waals surface area (Å²) in [7, 11) is 4.91. The van der Waals surface area contributed by atoms with Gasteiger partial charge in [0.1, 0.15) is 21.3 Å². The van der Waals surface area contributed by atoms with Crippen molar-refractivity contribution in [3.63, 3.8) is 0 Å². The molecule has 182 valence electrons. The summed E-state index contributed by atoms with van der Waals surface area (Å²) >= 11 is 0. The number of hydrogen-bond acceptors (Lipinski definition) is 3. The summed E-state index contributed by atoms with van der Waals surface area (Å²) in [5, 5.41) is 0. The normalized spacial score (nSPS) is 13.7. The predicted molar refractivity (Wildman–Crippen MR) is 129 cm³/mol. The van der Waals surface area contributed by atoms with E-state index in [1.165, 1.54) is 109 Å². The Morgan fingerprint density at radius 1 is 0.567 bits per heavy atom. The van der Waals surface area contributed by atoms with Gasteiger partial charge < -0.3 is 0 Å². The van der Waals surface area contributed by atoms with Crippen LogP contribution in [-0.2, 0) is 14.5 Å². The van der Waals surface area contributed by atoms with Gasteiger partial charge in [0.25, 0.3) is 0 Å². The summed E-state index contributed by atoms with van der Waals surface area (Å²) in [6.07, 6.45) is 23.7. The van der Waals surface area contributed by atoms with Gasteiger partial charge >= 0.3 is 0 Å². The minimum Gasteiger partial charge on any atom is -0.135 e. The Bertz CT molecular complexity index is 361. The van der Waals surface area contributed by atoms with Gasteiger partial charge in [-0.15, -0.1) is 14.5 Å². The molecule has 0 aliphatic heterocycles. The molecule has 0 N–H and O–H groups in total. The van der Waals surface area contributed by atoms with Gasteiger partial charge in [0.2, 0.25) is 0 Å². The topological polar surface area (TPSA) is 27.7 Å². The second kappa shape index (κ2) is 18.4. The summed E-state index contributed by atoms with van der Waals surface area (Å²) in [6, 6.07) is 0. The summed E-state index contributed by atoms with van der Waals surface area (Å²) in [5.41, 5.74) is -0.270. The third-order valence-corrected chi connectivity index (χ3v) is 7.12. The van der Waals surface area contributed by atoms with Crippen molar-refractivity contribution >= 4 is 0 Å². The molecule has 0 aromatic rings. The Labute approximate surface area is 189 Å². The fraction of sp³-hybridized carbons (Fsp3) is 1.00. The predicted octanol–water partition coefficient (Wildman–Crippen LogP) is 8.55. The minimum atomic E-state index is -0.270.